The summed E-state index contributed by atoms with van der Waals surface area (Å²) < 4.78 is 39.1. The molecular formula is C21H27NO5S. The average Bonchev–Trinajstić information content (AvgIpc) is 2.65. The van der Waals surface area contributed by atoms with Crippen molar-refractivity contribution in [3.8, 4) is 0 Å². The molecule has 1 aliphatic carbocycles. The van der Waals surface area contributed by atoms with E-state index in [-0.39, 0.29) is 16.9 Å². The van der Waals surface area contributed by atoms with E-state index in [2.05, 4.69) is 0 Å². The minimum Gasteiger partial charge on any atom is -0.445 e. The Hall–Kier alpha value is -2.12. The van der Waals surface area contributed by atoms with Gasteiger partial charge in [-0.05, 0) is 48.3 Å². The van der Waals surface area contributed by atoms with Gasteiger partial charge in [0.25, 0.3) is 10.1 Å². The summed E-state index contributed by atoms with van der Waals surface area (Å²) in [5.74, 6) is 0. The maximum Gasteiger partial charge on any atom is 0.410 e. The highest BCUT2D eigenvalue weighted by atomic mass is 32.2. The highest BCUT2D eigenvalue weighted by Gasteiger charge is 2.37. The Kier molecular flexibility index (Phi) is 5.95. The van der Waals surface area contributed by atoms with Crippen LogP contribution in [0.25, 0.3) is 0 Å². The molecule has 1 heterocycles. The molecule has 0 spiro atoms. The first-order valence-corrected chi connectivity index (χ1v) is 11.0. The first-order valence-electron chi connectivity index (χ1n) is 9.54. The number of amides is 1. The van der Waals surface area contributed by atoms with E-state index in [4.69, 9.17) is 4.74 Å². The van der Waals surface area contributed by atoms with Crippen molar-refractivity contribution in [2.24, 2.45) is 5.41 Å². The number of hydrogen-bond acceptors (Lipinski definition) is 4. The van der Waals surface area contributed by atoms with Crippen LogP contribution in [-0.2, 0) is 21.5 Å². The molecule has 1 aliphatic heterocycles. The SMILES string of the molecule is CC1(C)C=CC(S(=O)(=O)O)=C(C2CCCCN2C(=O)OCc2ccccc2)C1. The number of likely N-dealkylation sites (tertiary alicyclic amines) is 1. The van der Waals surface area contributed by atoms with E-state index in [1.165, 1.54) is 6.08 Å². The second-order valence-corrected chi connectivity index (χ2v) is 9.50. The van der Waals surface area contributed by atoms with Crippen molar-refractivity contribution in [1.82, 2.24) is 4.90 Å². The van der Waals surface area contributed by atoms with Gasteiger partial charge in [0, 0.05) is 6.54 Å². The van der Waals surface area contributed by atoms with Crippen LogP contribution >= 0.6 is 0 Å². The normalized spacial score (nSPS) is 22.2. The van der Waals surface area contributed by atoms with Crippen molar-refractivity contribution in [3.63, 3.8) is 0 Å². The Bertz CT molecular complexity index is 887. The first-order chi connectivity index (χ1) is 13.2. The van der Waals surface area contributed by atoms with Gasteiger partial charge < -0.3 is 9.64 Å². The summed E-state index contributed by atoms with van der Waals surface area (Å²) in [7, 11) is -4.36. The molecule has 1 fully saturated rings. The maximum absolute atomic E-state index is 12.8. The Morgan fingerprint density at radius 3 is 2.64 bits per heavy atom. The molecule has 0 saturated carbocycles. The van der Waals surface area contributed by atoms with Crippen molar-refractivity contribution in [3.05, 3.63) is 58.5 Å². The van der Waals surface area contributed by atoms with Gasteiger partial charge in [-0.15, -0.1) is 0 Å². The van der Waals surface area contributed by atoms with Gasteiger partial charge in [0.1, 0.15) is 6.61 Å². The van der Waals surface area contributed by atoms with Crippen LogP contribution in [0.4, 0.5) is 4.79 Å². The maximum atomic E-state index is 12.8. The summed E-state index contributed by atoms with van der Waals surface area (Å²) in [6, 6.07) is 9.04. The van der Waals surface area contributed by atoms with Crippen molar-refractivity contribution in [1.29, 1.82) is 0 Å². The van der Waals surface area contributed by atoms with Gasteiger partial charge in [-0.2, -0.15) is 8.42 Å². The molecule has 1 unspecified atom stereocenters. The number of ether oxygens (including phenoxy) is 1. The second kappa shape index (κ2) is 8.09. The second-order valence-electron chi connectivity index (χ2n) is 8.11. The Morgan fingerprint density at radius 2 is 1.96 bits per heavy atom. The molecule has 1 amide bonds. The fourth-order valence-corrected chi connectivity index (χ4v) is 4.67. The summed E-state index contributed by atoms with van der Waals surface area (Å²) in [4.78, 5) is 14.3. The first kappa shape index (κ1) is 20.6. The molecule has 1 aromatic rings. The van der Waals surface area contributed by atoms with Gasteiger partial charge in [0.05, 0.1) is 10.9 Å². The summed E-state index contributed by atoms with van der Waals surface area (Å²) >= 11 is 0. The van der Waals surface area contributed by atoms with E-state index in [1.807, 2.05) is 44.2 Å². The number of benzene rings is 1. The number of allylic oxidation sites excluding steroid dienone is 2. The van der Waals surface area contributed by atoms with Crippen LogP contribution in [-0.4, -0.2) is 36.6 Å². The monoisotopic (exact) mass is 405 g/mol. The van der Waals surface area contributed by atoms with Crippen molar-refractivity contribution < 1.29 is 22.5 Å². The van der Waals surface area contributed by atoms with Crippen LogP contribution < -0.4 is 0 Å². The van der Waals surface area contributed by atoms with Crippen LogP contribution in [0, 0.1) is 5.41 Å². The lowest BCUT2D eigenvalue weighted by molar-refractivity contribution is 0.0738. The minimum atomic E-state index is -4.36. The molecule has 1 N–H and O–H groups in total. The third-order valence-electron chi connectivity index (χ3n) is 5.27. The fraction of sp³-hybridized carbons (Fsp3) is 0.476. The molecule has 1 aromatic carbocycles. The summed E-state index contributed by atoms with van der Waals surface area (Å²) in [5, 5.41) is 0. The number of carbonyl (C=O) groups excluding carboxylic acids is 1. The van der Waals surface area contributed by atoms with Gasteiger partial charge in [-0.1, -0.05) is 50.3 Å². The largest absolute Gasteiger partial charge is 0.445 e. The fourth-order valence-electron chi connectivity index (χ4n) is 3.89. The van der Waals surface area contributed by atoms with E-state index in [0.29, 0.717) is 25.0 Å². The molecule has 6 nitrogen and oxygen atoms in total. The molecule has 0 aromatic heterocycles. The third kappa shape index (κ3) is 4.83. The molecule has 2 aliphatic rings. The van der Waals surface area contributed by atoms with E-state index in [0.717, 1.165) is 18.4 Å². The number of hydrogen-bond donors (Lipinski definition) is 1. The number of rotatable bonds is 4. The molecule has 152 valence electrons. The Labute approximate surface area is 166 Å². The predicted octanol–water partition coefficient (Wildman–Crippen LogP) is 4.31. The van der Waals surface area contributed by atoms with Crippen molar-refractivity contribution >= 4 is 16.2 Å². The van der Waals surface area contributed by atoms with E-state index in [1.54, 1.807) is 11.0 Å². The molecular weight excluding hydrogens is 378 g/mol. The predicted molar refractivity (Wildman–Crippen MR) is 107 cm³/mol. The average molecular weight is 406 g/mol. The zero-order valence-corrected chi connectivity index (χ0v) is 17.1. The summed E-state index contributed by atoms with van der Waals surface area (Å²) in [5.41, 5.74) is 1.23. The van der Waals surface area contributed by atoms with Crippen LogP contribution in [0.1, 0.15) is 45.1 Å². The third-order valence-corrected chi connectivity index (χ3v) is 6.23. The number of carbonyl (C=O) groups is 1. The van der Waals surface area contributed by atoms with Crippen LogP contribution in [0.3, 0.4) is 0 Å². The Balaban J connectivity index is 1.86. The lowest BCUT2D eigenvalue weighted by atomic mass is 9.78. The molecule has 7 heteroatoms. The highest BCUT2D eigenvalue weighted by molar-refractivity contribution is 7.90. The quantitative estimate of drug-likeness (QED) is 0.755. The van der Waals surface area contributed by atoms with Crippen molar-refractivity contribution in [2.75, 3.05) is 6.54 Å². The van der Waals surface area contributed by atoms with Gasteiger partial charge in [-0.3, -0.25) is 4.55 Å². The lowest BCUT2D eigenvalue weighted by Gasteiger charge is -2.40. The van der Waals surface area contributed by atoms with Gasteiger partial charge in [0.2, 0.25) is 0 Å². The van der Waals surface area contributed by atoms with Crippen molar-refractivity contribution in [2.45, 2.75) is 52.2 Å². The van der Waals surface area contributed by atoms with Crippen LogP contribution in [0.5, 0.6) is 0 Å². The van der Waals surface area contributed by atoms with E-state index < -0.39 is 22.3 Å². The van der Waals surface area contributed by atoms with Gasteiger partial charge in [-0.25, -0.2) is 4.79 Å². The molecule has 3 rings (SSSR count). The summed E-state index contributed by atoms with van der Waals surface area (Å²) in [6.07, 6.45) is 5.65. The topological polar surface area (TPSA) is 83.9 Å². The number of piperidine rings is 1. The molecule has 1 atom stereocenters. The minimum absolute atomic E-state index is 0.0837. The number of nitrogens with zero attached hydrogens (tertiary/aromatic N) is 1. The molecule has 0 bridgehead atoms. The zero-order chi connectivity index (χ0) is 20.4. The standard InChI is InChI=1S/C21H27NO5S/c1-21(2)12-11-19(28(24,25)26)17(14-21)18-10-6-7-13-22(18)20(23)27-15-16-8-4-3-5-9-16/h3-5,8-9,11-12,18H,6-7,10,13-15H2,1-2H3,(H,24,25,26). The van der Waals surface area contributed by atoms with E-state index >= 15 is 0 Å². The van der Waals surface area contributed by atoms with Gasteiger partial charge >= 0.3 is 6.09 Å². The Morgan fingerprint density at radius 1 is 1.25 bits per heavy atom. The highest BCUT2D eigenvalue weighted by Crippen LogP contribution is 2.40. The summed E-state index contributed by atoms with van der Waals surface area (Å²) in [6.45, 7) is 4.68. The van der Waals surface area contributed by atoms with Crippen LogP contribution in [0.2, 0.25) is 0 Å². The molecule has 0 radical (unpaired) electrons. The lowest BCUT2D eigenvalue weighted by Crippen LogP contribution is -2.46. The van der Waals surface area contributed by atoms with Crippen LogP contribution in [0.15, 0.2) is 53.0 Å². The zero-order valence-electron chi connectivity index (χ0n) is 16.3. The van der Waals surface area contributed by atoms with E-state index in [9.17, 15) is 17.8 Å². The molecule has 28 heavy (non-hydrogen) atoms. The van der Waals surface area contributed by atoms with Gasteiger partial charge in [0.15, 0.2) is 0 Å². The molecule has 1 saturated heterocycles. The smallest absolute Gasteiger partial charge is 0.410 e.